The van der Waals surface area contributed by atoms with Crippen molar-refractivity contribution in [1.82, 2.24) is 5.32 Å². The molecule has 0 radical (unpaired) electrons. The summed E-state index contributed by atoms with van der Waals surface area (Å²) in [6.45, 7) is 3.14. The predicted molar refractivity (Wildman–Crippen MR) is 84.5 cm³/mol. The Bertz CT molecular complexity index is 516. The molecule has 3 rings (SSSR count). The van der Waals surface area contributed by atoms with Crippen LogP contribution in [0, 0.1) is 0 Å². The number of benzene rings is 1. The topological polar surface area (TPSA) is 21.3 Å². The average molecular weight is 287 g/mol. The minimum absolute atomic E-state index is 0.383. The largest absolute Gasteiger partial charge is 0.490 e. The monoisotopic (exact) mass is 287 g/mol. The fraction of sp³-hybridized carbons (Fsp3) is 0.412. The van der Waals surface area contributed by atoms with Gasteiger partial charge in [0.05, 0.1) is 6.10 Å². The zero-order valence-corrected chi connectivity index (χ0v) is 12.7. The Balaban J connectivity index is 1.69. The minimum atomic E-state index is 0.383. The van der Waals surface area contributed by atoms with Gasteiger partial charge in [0.1, 0.15) is 5.75 Å². The van der Waals surface area contributed by atoms with E-state index in [1.54, 1.807) is 0 Å². The molecular formula is C17H21NOS. The van der Waals surface area contributed by atoms with Gasteiger partial charge < -0.3 is 10.1 Å². The Hall–Kier alpha value is -1.32. The summed E-state index contributed by atoms with van der Waals surface area (Å²) in [5.74, 6) is 1.00. The Kier molecular flexibility index (Phi) is 4.38. The quantitative estimate of drug-likeness (QED) is 0.824. The molecule has 1 heterocycles. The average Bonchev–Trinajstić information content (AvgIpc) is 3.13. The fourth-order valence-electron chi connectivity index (χ4n) is 2.34. The molecule has 3 heteroatoms. The maximum absolute atomic E-state index is 5.81. The second kappa shape index (κ2) is 6.42. The second-order valence-electron chi connectivity index (χ2n) is 5.28. The maximum atomic E-state index is 5.81. The van der Waals surface area contributed by atoms with E-state index in [9.17, 15) is 0 Å². The van der Waals surface area contributed by atoms with Crippen LogP contribution in [0.15, 0.2) is 41.8 Å². The fourth-order valence-corrected chi connectivity index (χ4v) is 3.09. The number of rotatable bonds is 7. The van der Waals surface area contributed by atoms with Gasteiger partial charge in [-0.05, 0) is 48.5 Å². The van der Waals surface area contributed by atoms with E-state index in [-0.39, 0.29) is 0 Å². The van der Waals surface area contributed by atoms with Crippen LogP contribution in [0.4, 0.5) is 0 Å². The Morgan fingerprint density at radius 3 is 2.65 bits per heavy atom. The molecule has 0 amide bonds. The van der Waals surface area contributed by atoms with Gasteiger partial charge >= 0.3 is 0 Å². The van der Waals surface area contributed by atoms with E-state index in [0.29, 0.717) is 12.1 Å². The lowest BCUT2D eigenvalue weighted by Crippen LogP contribution is -2.22. The lowest BCUT2D eigenvalue weighted by atomic mass is 10.0. The van der Waals surface area contributed by atoms with Gasteiger partial charge in [0.25, 0.3) is 0 Å². The Morgan fingerprint density at radius 1 is 1.25 bits per heavy atom. The highest BCUT2D eigenvalue weighted by Gasteiger charge is 2.23. The van der Waals surface area contributed by atoms with E-state index in [4.69, 9.17) is 4.74 Å². The normalized spacial score (nSPS) is 16.1. The molecule has 1 unspecified atom stereocenters. The van der Waals surface area contributed by atoms with Crippen LogP contribution in [0.5, 0.6) is 5.75 Å². The lowest BCUT2D eigenvalue weighted by Gasteiger charge is -2.18. The van der Waals surface area contributed by atoms with E-state index < -0.39 is 0 Å². The number of likely N-dealkylation sites (N-methyl/N-ethyl adjacent to an activating group) is 1. The molecule has 0 spiro atoms. The van der Waals surface area contributed by atoms with Gasteiger partial charge in [-0.25, -0.2) is 0 Å². The van der Waals surface area contributed by atoms with Crippen molar-refractivity contribution in [2.24, 2.45) is 0 Å². The number of nitrogens with one attached hydrogen (secondary N) is 1. The molecule has 1 atom stereocenters. The molecule has 1 fully saturated rings. The molecule has 2 aromatic rings. The van der Waals surface area contributed by atoms with Crippen molar-refractivity contribution in [3.8, 4) is 5.75 Å². The Labute approximate surface area is 124 Å². The van der Waals surface area contributed by atoms with Crippen LogP contribution < -0.4 is 10.1 Å². The molecule has 106 valence electrons. The molecule has 1 aliphatic carbocycles. The molecule has 1 aliphatic rings. The van der Waals surface area contributed by atoms with Crippen LogP contribution in [0.3, 0.4) is 0 Å². The third-order valence-electron chi connectivity index (χ3n) is 3.55. The zero-order valence-electron chi connectivity index (χ0n) is 11.8. The van der Waals surface area contributed by atoms with Gasteiger partial charge in [-0.2, -0.15) is 0 Å². The number of ether oxygens (including phenoxy) is 1. The summed E-state index contributed by atoms with van der Waals surface area (Å²) in [5.41, 5.74) is 1.34. The summed E-state index contributed by atoms with van der Waals surface area (Å²) < 4.78 is 5.81. The van der Waals surface area contributed by atoms with Gasteiger partial charge in [0.15, 0.2) is 0 Å². The van der Waals surface area contributed by atoms with Gasteiger partial charge in [-0.15, -0.1) is 11.3 Å². The molecule has 20 heavy (non-hydrogen) atoms. The highest BCUT2D eigenvalue weighted by atomic mass is 32.1. The molecule has 2 nitrogen and oxygen atoms in total. The lowest BCUT2D eigenvalue weighted by molar-refractivity contribution is 0.303. The van der Waals surface area contributed by atoms with Crippen molar-refractivity contribution >= 4 is 11.3 Å². The summed E-state index contributed by atoms with van der Waals surface area (Å²) in [7, 11) is 0. The number of hydrogen-bond acceptors (Lipinski definition) is 3. The van der Waals surface area contributed by atoms with E-state index in [1.807, 2.05) is 11.3 Å². The molecule has 1 N–H and O–H groups in total. The van der Waals surface area contributed by atoms with E-state index in [1.165, 1.54) is 23.3 Å². The summed E-state index contributed by atoms with van der Waals surface area (Å²) in [5, 5.41) is 5.72. The second-order valence-corrected chi connectivity index (χ2v) is 6.31. The molecule has 0 aliphatic heterocycles. The first-order chi connectivity index (χ1) is 9.85. The van der Waals surface area contributed by atoms with Crippen molar-refractivity contribution in [1.29, 1.82) is 0 Å². The van der Waals surface area contributed by atoms with Gasteiger partial charge in [0.2, 0.25) is 0 Å². The summed E-state index contributed by atoms with van der Waals surface area (Å²) >= 11 is 1.83. The van der Waals surface area contributed by atoms with Crippen molar-refractivity contribution in [2.45, 2.75) is 38.3 Å². The summed E-state index contributed by atoms with van der Waals surface area (Å²) in [6, 6.07) is 13.3. The van der Waals surface area contributed by atoms with Gasteiger partial charge in [-0.3, -0.25) is 0 Å². The smallest absolute Gasteiger partial charge is 0.119 e. The molecule has 1 saturated carbocycles. The van der Waals surface area contributed by atoms with Crippen LogP contribution in [0.25, 0.3) is 0 Å². The summed E-state index contributed by atoms with van der Waals surface area (Å²) in [6.07, 6.45) is 3.94. The minimum Gasteiger partial charge on any atom is -0.490 e. The van der Waals surface area contributed by atoms with Gasteiger partial charge in [0, 0.05) is 17.3 Å². The van der Waals surface area contributed by atoms with Crippen LogP contribution in [0.2, 0.25) is 0 Å². The number of hydrogen-bond donors (Lipinski definition) is 1. The molecule has 0 saturated heterocycles. The first-order valence-corrected chi connectivity index (χ1v) is 8.25. The standard InChI is InChI=1S/C17H21NOS/c1-2-18-17(12-16-4-3-11-20-16)13-5-7-14(8-6-13)19-15-9-10-15/h3-8,11,15,17-18H,2,9-10,12H2,1H3. The predicted octanol–water partition coefficient (Wildman–Crippen LogP) is 4.18. The van der Waals surface area contributed by atoms with Crippen molar-refractivity contribution < 1.29 is 4.74 Å². The molecular weight excluding hydrogens is 266 g/mol. The van der Waals surface area contributed by atoms with Crippen LogP contribution in [0.1, 0.15) is 36.2 Å². The van der Waals surface area contributed by atoms with Crippen LogP contribution in [-0.4, -0.2) is 12.6 Å². The molecule has 0 bridgehead atoms. The van der Waals surface area contributed by atoms with E-state index in [0.717, 1.165) is 18.7 Å². The van der Waals surface area contributed by atoms with Crippen LogP contribution in [-0.2, 0) is 6.42 Å². The maximum Gasteiger partial charge on any atom is 0.119 e. The first kappa shape index (κ1) is 13.7. The highest BCUT2D eigenvalue weighted by molar-refractivity contribution is 7.09. The molecule has 1 aromatic heterocycles. The molecule has 1 aromatic carbocycles. The van der Waals surface area contributed by atoms with Crippen molar-refractivity contribution in [3.05, 3.63) is 52.2 Å². The van der Waals surface area contributed by atoms with Crippen molar-refractivity contribution in [3.63, 3.8) is 0 Å². The van der Waals surface area contributed by atoms with Crippen LogP contribution >= 0.6 is 11.3 Å². The van der Waals surface area contributed by atoms with E-state index in [2.05, 4.69) is 54.0 Å². The highest BCUT2D eigenvalue weighted by Crippen LogP contribution is 2.28. The third-order valence-corrected chi connectivity index (χ3v) is 4.44. The summed E-state index contributed by atoms with van der Waals surface area (Å²) in [4.78, 5) is 1.43. The number of thiophene rings is 1. The third kappa shape index (κ3) is 3.62. The van der Waals surface area contributed by atoms with Gasteiger partial charge in [-0.1, -0.05) is 25.1 Å². The first-order valence-electron chi connectivity index (χ1n) is 7.37. The Morgan fingerprint density at radius 2 is 2.05 bits per heavy atom. The van der Waals surface area contributed by atoms with E-state index >= 15 is 0 Å². The van der Waals surface area contributed by atoms with Crippen molar-refractivity contribution in [2.75, 3.05) is 6.54 Å². The SMILES string of the molecule is CCNC(Cc1cccs1)c1ccc(OC2CC2)cc1. The zero-order chi connectivity index (χ0) is 13.8.